The first-order chi connectivity index (χ1) is 11.6. The second-order valence-corrected chi connectivity index (χ2v) is 6.16. The summed E-state index contributed by atoms with van der Waals surface area (Å²) in [7, 11) is 1.64. The van der Waals surface area contributed by atoms with Gasteiger partial charge in [-0.2, -0.15) is 0 Å². The van der Waals surface area contributed by atoms with Crippen LogP contribution in [-0.4, -0.2) is 26.1 Å². The van der Waals surface area contributed by atoms with Crippen LogP contribution in [-0.2, 0) is 11.2 Å². The minimum atomic E-state index is -0.00137. The molecular formula is C18H20Cl2N2O2. The summed E-state index contributed by atoms with van der Waals surface area (Å²) in [5.74, 6) is 0.821. The fourth-order valence-electron chi connectivity index (χ4n) is 2.24. The SMILES string of the molecule is COc1cccc(CCNC(=O)CCNc2cc(Cl)cc(Cl)c2)c1. The number of halogens is 2. The minimum Gasteiger partial charge on any atom is -0.497 e. The monoisotopic (exact) mass is 366 g/mol. The van der Waals surface area contributed by atoms with Gasteiger partial charge in [0.25, 0.3) is 0 Å². The highest BCUT2D eigenvalue weighted by Gasteiger charge is 2.03. The predicted octanol–water partition coefficient (Wildman–Crippen LogP) is 4.16. The topological polar surface area (TPSA) is 50.4 Å². The lowest BCUT2D eigenvalue weighted by molar-refractivity contribution is -0.120. The molecule has 0 atom stereocenters. The van der Waals surface area contributed by atoms with Gasteiger partial charge < -0.3 is 15.4 Å². The largest absolute Gasteiger partial charge is 0.497 e. The van der Waals surface area contributed by atoms with E-state index in [4.69, 9.17) is 27.9 Å². The van der Waals surface area contributed by atoms with Crippen LogP contribution in [0, 0.1) is 0 Å². The first-order valence-corrected chi connectivity index (χ1v) is 8.42. The van der Waals surface area contributed by atoms with Crippen molar-refractivity contribution >= 4 is 34.8 Å². The van der Waals surface area contributed by atoms with Crippen molar-refractivity contribution in [1.82, 2.24) is 5.32 Å². The van der Waals surface area contributed by atoms with Crippen LogP contribution in [0.25, 0.3) is 0 Å². The Morgan fingerprint density at radius 1 is 1.08 bits per heavy atom. The summed E-state index contributed by atoms with van der Waals surface area (Å²) >= 11 is 11.9. The van der Waals surface area contributed by atoms with Crippen molar-refractivity contribution < 1.29 is 9.53 Å². The third-order valence-corrected chi connectivity index (χ3v) is 3.85. The zero-order chi connectivity index (χ0) is 17.4. The molecule has 0 bridgehead atoms. The molecule has 0 spiro atoms. The van der Waals surface area contributed by atoms with E-state index in [0.717, 1.165) is 23.4 Å². The summed E-state index contributed by atoms with van der Waals surface area (Å²) < 4.78 is 5.18. The number of anilines is 1. The number of carbonyl (C=O) groups excluding carboxylic acids is 1. The van der Waals surface area contributed by atoms with Crippen molar-refractivity contribution in [2.75, 3.05) is 25.5 Å². The Balaban J connectivity index is 1.68. The molecule has 24 heavy (non-hydrogen) atoms. The van der Waals surface area contributed by atoms with E-state index < -0.39 is 0 Å². The third kappa shape index (κ3) is 6.30. The van der Waals surface area contributed by atoms with E-state index in [1.807, 2.05) is 24.3 Å². The van der Waals surface area contributed by atoms with E-state index in [1.165, 1.54) is 0 Å². The molecule has 2 rings (SSSR count). The maximum atomic E-state index is 11.9. The van der Waals surface area contributed by atoms with Gasteiger partial charge >= 0.3 is 0 Å². The van der Waals surface area contributed by atoms with Gasteiger partial charge in [-0.1, -0.05) is 35.3 Å². The summed E-state index contributed by atoms with van der Waals surface area (Å²) in [5, 5.41) is 7.17. The molecule has 0 fully saturated rings. The average Bonchev–Trinajstić information content (AvgIpc) is 2.54. The van der Waals surface area contributed by atoms with Crippen LogP contribution in [0.2, 0.25) is 10.0 Å². The quantitative estimate of drug-likeness (QED) is 0.737. The number of methoxy groups -OCH3 is 1. The Hall–Kier alpha value is -1.91. The van der Waals surface area contributed by atoms with Gasteiger partial charge in [0, 0.05) is 35.2 Å². The first kappa shape index (κ1) is 18.4. The number of carbonyl (C=O) groups is 1. The van der Waals surface area contributed by atoms with Crippen LogP contribution >= 0.6 is 23.2 Å². The minimum absolute atomic E-state index is 0.00137. The summed E-state index contributed by atoms with van der Waals surface area (Å²) in [6, 6.07) is 13.0. The Labute approximate surface area is 152 Å². The van der Waals surface area contributed by atoms with Gasteiger partial charge in [0.05, 0.1) is 7.11 Å². The number of nitrogens with one attached hydrogen (secondary N) is 2. The van der Waals surface area contributed by atoms with Gasteiger partial charge in [-0.15, -0.1) is 0 Å². The molecular weight excluding hydrogens is 347 g/mol. The van der Waals surface area contributed by atoms with E-state index in [1.54, 1.807) is 25.3 Å². The third-order valence-electron chi connectivity index (χ3n) is 3.41. The molecule has 2 aromatic carbocycles. The van der Waals surface area contributed by atoms with E-state index in [-0.39, 0.29) is 5.91 Å². The number of ether oxygens (including phenoxy) is 1. The van der Waals surface area contributed by atoms with E-state index >= 15 is 0 Å². The molecule has 0 aromatic heterocycles. The van der Waals surface area contributed by atoms with Crippen LogP contribution in [0.1, 0.15) is 12.0 Å². The van der Waals surface area contributed by atoms with Crippen LogP contribution in [0.15, 0.2) is 42.5 Å². The Bertz CT molecular complexity index is 672. The number of amides is 1. The first-order valence-electron chi connectivity index (χ1n) is 7.66. The summed E-state index contributed by atoms with van der Waals surface area (Å²) in [6.45, 7) is 1.11. The molecule has 0 unspecified atom stereocenters. The fraction of sp³-hybridized carbons (Fsp3) is 0.278. The standard InChI is InChI=1S/C18H20Cl2N2O2/c1-24-17-4-2-3-13(9-17)5-7-22-18(23)6-8-21-16-11-14(19)10-15(20)12-16/h2-4,9-12,21H,5-8H2,1H3,(H,22,23). The van der Waals surface area contributed by atoms with E-state index in [9.17, 15) is 4.79 Å². The Morgan fingerprint density at radius 3 is 2.54 bits per heavy atom. The molecule has 0 saturated carbocycles. The van der Waals surface area contributed by atoms with Gasteiger partial charge in [-0.3, -0.25) is 4.79 Å². The van der Waals surface area contributed by atoms with Crippen LogP contribution in [0.3, 0.4) is 0 Å². The maximum Gasteiger partial charge on any atom is 0.221 e. The zero-order valence-electron chi connectivity index (χ0n) is 13.4. The number of hydrogen-bond donors (Lipinski definition) is 2. The lowest BCUT2D eigenvalue weighted by Crippen LogP contribution is -2.27. The van der Waals surface area contributed by atoms with Crippen molar-refractivity contribution in [2.24, 2.45) is 0 Å². The van der Waals surface area contributed by atoms with Crippen molar-refractivity contribution in [1.29, 1.82) is 0 Å². The van der Waals surface area contributed by atoms with Crippen molar-refractivity contribution in [2.45, 2.75) is 12.8 Å². The molecule has 6 heteroatoms. The van der Waals surface area contributed by atoms with Gasteiger partial charge in [0.1, 0.15) is 5.75 Å². The molecule has 0 aliphatic heterocycles. The van der Waals surface area contributed by atoms with Crippen LogP contribution in [0.5, 0.6) is 5.75 Å². The molecule has 2 N–H and O–H groups in total. The number of benzene rings is 2. The normalized spacial score (nSPS) is 10.3. The molecule has 0 heterocycles. The maximum absolute atomic E-state index is 11.9. The summed E-state index contributed by atoms with van der Waals surface area (Å²) in [6.07, 6.45) is 1.14. The molecule has 128 valence electrons. The smallest absolute Gasteiger partial charge is 0.221 e. The molecule has 1 amide bonds. The van der Waals surface area contributed by atoms with Crippen molar-refractivity contribution in [3.05, 3.63) is 58.1 Å². The van der Waals surface area contributed by atoms with E-state index in [0.29, 0.717) is 29.6 Å². The molecule has 2 aromatic rings. The van der Waals surface area contributed by atoms with Gasteiger partial charge in [-0.25, -0.2) is 0 Å². The summed E-state index contributed by atoms with van der Waals surface area (Å²) in [4.78, 5) is 11.9. The van der Waals surface area contributed by atoms with Crippen LogP contribution < -0.4 is 15.4 Å². The predicted molar refractivity (Wildman–Crippen MR) is 99.3 cm³/mol. The Kier molecular flexibility index (Phi) is 7.22. The lowest BCUT2D eigenvalue weighted by Gasteiger charge is -2.09. The van der Waals surface area contributed by atoms with Gasteiger partial charge in [0.2, 0.25) is 5.91 Å². The molecule has 0 aliphatic carbocycles. The lowest BCUT2D eigenvalue weighted by atomic mass is 10.1. The molecule has 0 aliphatic rings. The summed E-state index contributed by atoms with van der Waals surface area (Å²) in [5.41, 5.74) is 1.93. The van der Waals surface area contributed by atoms with Crippen molar-refractivity contribution in [3.63, 3.8) is 0 Å². The molecule has 4 nitrogen and oxygen atoms in total. The Morgan fingerprint density at radius 2 is 1.83 bits per heavy atom. The van der Waals surface area contributed by atoms with Gasteiger partial charge in [0.15, 0.2) is 0 Å². The second-order valence-electron chi connectivity index (χ2n) is 5.29. The van der Waals surface area contributed by atoms with Crippen molar-refractivity contribution in [3.8, 4) is 5.75 Å². The fourth-order valence-corrected chi connectivity index (χ4v) is 2.76. The zero-order valence-corrected chi connectivity index (χ0v) is 15.0. The molecule has 0 saturated heterocycles. The van der Waals surface area contributed by atoms with Gasteiger partial charge in [-0.05, 0) is 42.3 Å². The highest BCUT2D eigenvalue weighted by Crippen LogP contribution is 2.22. The highest BCUT2D eigenvalue weighted by molar-refractivity contribution is 6.35. The number of hydrogen-bond acceptors (Lipinski definition) is 3. The second kappa shape index (κ2) is 9.40. The number of rotatable bonds is 8. The van der Waals surface area contributed by atoms with E-state index in [2.05, 4.69) is 10.6 Å². The molecule has 0 radical (unpaired) electrons. The van der Waals surface area contributed by atoms with Crippen LogP contribution in [0.4, 0.5) is 5.69 Å². The highest BCUT2D eigenvalue weighted by atomic mass is 35.5. The average molecular weight is 367 g/mol.